The van der Waals surface area contributed by atoms with Gasteiger partial charge in [-0.2, -0.15) is 8.42 Å². The van der Waals surface area contributed by atoms with Crippen molar-refractivity contribution >= 4 is 21.7 Å². The molecule has 146 valence electrons. The van der Waals surface area contributed by atoms with Gasteiger partial charge in [-0.3, -0.25) is 0 Å². The van der Waals surface area contributed by atoms with E-state index in [0.717, 1.165) is 17.5 Å². The minimum absolute atomic E-state index is 0.0525. The number of nitrogens with one attached hydrogen (secondary N) is 2. The highest BCUT2D eigenvalue weighted by Gasteiger charge is 2.25. The van der Waals surface area contributed by atoms with Gasteiger partial charge in [-0.05, 0) is 23.0 Å². The summed E-state index contributed by atoms with van der Waals surface area (Å²) in [6, 6.07) is 4.88. The van der Waals surface area contributed by atoms with Gasteiger partial charge in [0.2, 0.25) is 5.03 Å². The Bertz CT molecular complexity index is 900. The number of methoxy groups -OCH3 is 1. The Morgan fingerprint density at radius 1 is 1.11 bits per heavy atom. The summed E-state index contributed by atoms with van der Waals surface area (Å²) in [5.74, 6) is 0.249. The van der Waals surface area contributed by atoms with Crippen molar-refractivity contribution in [3.8, 4) is 5.75 Å². The first-order valence-electron chi connectivity index (χ1n) is 8.48. The molecule has 1 aromatic carbocycles. The molecular formula is C18H24N4O4S. The van der Waals surface area contributed by atoms with Crippen LogP contribution < -0.4 is 14.8 Å². The molecule has 8 nitrogen and oxygen atoms in total. The van der Waals surface area contributed by atoms with Crippen molar-refractivity contribution in [3.63, 3.8) is 0 Å². The van der Waals surface area contributed by atoms with Gasteiger partial charge in [-0.1, -0.05) is 45.9 Å². The molecule has 2 N–H and O–H groups in total. The van der Waals surface area contributed by atoms with E-state index < -0.39 is 21.1 Å². The quantitative estimate of drug-likeness (QED) is 0.730. The fourth-order valence-electron chi connectivity index (χ4n) is 2.65. The van der Waals surface area contributed by atoms with E-state index in [1.165, 1.54) is 13.3 Å². The van der Waals surface area contributed by atoms with E-state index in [-0.39, 0.29) is 17.6 Å². The number of aromatic nitrogens is 2. The number of rotatable bonds is 6. The molecule has 0 aliphatic carbocycles. The first kappa shape index (κ1) is 20.6. The van der Waals surface area contributed by atoms with Crippen LogP contribution in [0.25, 0.3) is 0 Å². The second-order valence-electron chi connectivity index (χ2n) is 6.58. The summed E-state index contributed by atoms with van der Waals surface area (Å²) in [4.78, 5) is 19.9. The largest absolute Gasteiger partial charge is 0.492 e. The number of ether oxygens (including phenoxy) is 1. The minimum Gasteiger partial charge on any atom is -0.492 e. The topological polar surface area (TPSA) is 110 Å². The molecule has 9 heteroatoms. The van der Waals surface area contributed by atoms with Gasteiger partial charge in [0.1, 0.15) is 6.33 Å². The van der Waals surface area contributed by atoms with Crippen LogP contribution in [0.15, 0.2) is 35.7 Å². The summed E-state index contributed by atoms with van der Waals surface area (Å²) >= 11 is 0. The average molecular weight is 392 g/mol. The van der Waals surface area contributed by atoms with Crippen molar-refractivity contribution in [3.05, 3.63) is 41.9 Å². The molecule has 0 radical (unpaired) electrons. The van der Waals surface area contributed by atoms with Crippen LogP contribution in [0.2, 0.25) is 0 Å². The number of sulfonamides is 1. The Morgan fingerprint density at radius 3 is 2.22 bits per heavy atom. The van der Waals surface area contributed by atoms with E-state index >= 15 is 0 Å². The van der Waals surface area contributed by atoms with Crippen LogP contribution in [-0.2, 0) is 10.0 Å². The molecule has 27 heavy (non-hydrogen) atoms. The maximum atomic E-state index is 12.5. The Balaban J connectivity index is 2.33. The van der Waals surface area contributed by atoms with Gasteiger partial charge in [-0.25, -0.2) is 19.5 Å². The van der Waals surface area contributed by atoms with Gasteiger partial charge < -0.3 is 10.1 Å². The number of para-hydroxylation sites is 1. The lowest BCUT2D eigenvalue weighted by molar-refractivity contribution is 0.256. The first-order chi connectivity index (χ1) is 12.7. The van der Waals surface area contributed by atoms with E-state index in [4.69, 9.17) is 4.74 Å². The van der Waals surface area contributed by atoms with Gasteiger partial charge in [0, 0.05) is 5.69 Å². The molecule has 2 rings (SSSR count). The van der Waals surface area contributed by atoms with E-state index in [2.05, 4.69) is 15.3 Å². The Kier molecular flexibility index (Phi) is 6.37. The van der Waals surface area contributed by atoms with Crippen LogP contribution in [-0.4, -0.2) is 31.5 Å². The lowest BCUT2D eigenvalue weighted by atomic mass is 9.93. The van der Waals surface area contributed by atoms with Crippen LogP contribution in [0.1, 0.15) is 50.7 Å². The van der Waals surface area contributed by atoms with E-state index in [1.807, 2.05) is 50.6 Å². The highest BCUT2D eigenvalue weighted by molar-refractivity contribution is 7.90. The number of anilines is 1. The number of amides is 2. The number of nitrogens with zero attached hydrogens (tertiary/aromatic N) is 2. The molecule has 1 heterocycles. The Morgan fingerprint density at radius 2 is 1.70 bits per heavy atom. The summed E-state index contributed by atoms with van der Waals surface area (Å²) in [6.45, 7) is 8.02. The molecule has 0 saturated carbocycles. The number of carbonyl (C=O) groups is 1. The second kappa shape index (κ2) is 8.34. The summed E-state index contributed by atoms with van der Waals surface area (Å²) in [5.41, 5.74) is 2.46. The molecule has 0 aliphatic heterocycles. The second-order valence-corrected chi connectivity index (χ2v) is 8.17. The van der Waals surface area contributed by atoms with Crippen molar-refractivity contribution in [1.29, 1.82) is 0 Å². The third-order valence-electron chi connectivity index (χ3n) is 3.96. The van der Waals surface area contributed by atoms with Gasteiger partial charge in [-0.15, -0.1) is 0 Å². The number of hydrogen-bond donors (Lipinski definition) is 2. The van der Waals surface area contributed by atoms with E-state index in [1.54, 1.807) is 0 Å². The number of carbonyl (C=O) groups excluding carboxylic acids is 1. The Labute approximate surface area is 159 Å². The molecule has 0 unspecified atom stereocenters. The lowest BCUT2D eigenvalue weighted by Gasteiger charge is -2.20. The van der Waals surface area contributed by atoms with Crippen LogP contribution in [0.5, 0.6) is 5.75 Å². The highest BCUT2D eigenvalue weighted by Crippen LogP contribution is 2.32. The third kappa shape index (κ3) is 4.73. The molecule has 0 spiro atoms. The number of urea groups is 1. The smallest absolute Gasteiger partial charge is 0.333 e. The minimum atomic E-state index is -4.23. The lowest BCUT2D eigenvalue weighted by Crippen LogP contribution is -2.35. The summed E-state index contributed by atoms with van der Waals surface area (Å²) in [5, 5.41) is 2.29. The van der Waals surface area contributed by atoms with Crippen LogP contribution in [0.4, 0.5) is 10.5 Å². The first-order valence-corrected chi connectivity index (χ1v) is 9.96. The third-order valence-corrected chi connectivity index (χ3v) is 5.23. The number of benzene rings is 1. The molecule has 0 aliphatic rings. The zero-order valence-corrected chi connectivity index (χ0v) is 16.8. The van der Waals surface area contributed by atoms with Crippen LogP contribution in [0.3, 0.4) is 0 Å². The summed E-state index contributed by atoms with van der Waals surface area (Å²) < 4.78 is 32.0. The standard InChI is InChI=1S/C18H24N4O4S/c1-11(2)13-7-6-8-14(12(3)4)16(13)21-18(23)22-27(24,25)17-15(26-5)9-19-10-20-17/h6-12H,1-5H3,(H2,21,22,23). The molecular weight excluding hydrogens is 368 g/mol. The van der Waals surface area contributed by atoms with E-state index in [0.29, 0.717) is 5.69 Å². The molecule has 0 saturated heterocycles. The monoisotopic (exact) mass is 392 g/mol. The molecule has 1 aromatic heterocycles. The molecule has 2 aromatic rings. The molecule has 0 fully saturated rings. The van der Waals surface area contributed by atoms with Crippen molar-refractivity contribution in [2.24, 2.45) is 0 Å². The van der Waals surface area contributed by atoms with E-state index in [9.17, 15) is 13.2 Å². The normalized spacial score (nSPS) is 11.5. The van der Waals surface area contributed by atoms with Gasteiger partial charge in [0.25, 0.3) is 10.0 Å². The predicted octanol–water partition coefficient (Wildman–Crippen LogP) is 3.24. The van der Waals surface area contributed by atoms with Crippen molar-refractivity contribution < 1.29 is 17.9 Å². The van der Waals surface area contributed by atoms with Crippen LogP contribution >= 0.6 is 0 Å². The Hall–Kier alpha value is -2.68. The maximum Gasteiger partial charge on any atom is 0.333 e. The predicted molar refractivity (Wildman–Crippen MR) is 103 cm³/mol. The fraction of sp³-hybridized carbons (Fsp3) is 0.389. The number of hydrogen-bond acceptors (Lipinski definition) is 6. The van der Waals surface area contributed by atoms with Gasteiger partial charge in [0.05, 0.1) is 13.3 Å². The molecule has 0 bridgehead atoms. The fourth-order valence-corrected chi connectivity index (χ4v) is 3.63. The maximum absolute atomic E-state index is 12.5. The van der Waals surface area contributed by atoms with Gasteiger partial charge >= 0.3 is 6.03 Å². The summed E-state index contributed by atoms with van der Waals surface area (Å²) in [7, 11) is -2.93. The van der Waals surface area contributed by atoms with Crippen LogP contribution in [0, 0.1) is 0 Å². The highest BCUT2D eigenvalue weighted by atomic mass is 32.2. The van der Waals surface area contributed by atoms with Crippen molar-refractivity contribution in [2.45, 2.75) is 44.6 Å². The van der Waals surface area contributed by atoms with Crippen molar-refractivity contribution in [1.82, 2.24) is 14.7 Å². The average Bonchev–Trinajstić information content (AvgIpc) is 2.60. The molecule has 2 amide bonds. The summed E-state index contributed by atoms with van der Waals surface area (Å²) in [6.07, 6.45) is 2.28. The zero-order chi connectivity index (χ0) is 20.2. The van der Waals surface area contributed by atoms with Gasteiger partial charge in [0.15, 0.2) is 5.75 Å². The SMILES string of the molecule is COc1cncnc1S(=O)(=O)NC(=O)Nc1c(C(C)C)cccc1C(C)C. The van der Waals surface area contributed by atoms with Crippen molar-refractivity contribution in [2.75, 3.05) is 12.4 Å². The molecule has 0 atom stereocenters. The zero-order valence-electron chi connectivity index (χ0n) is 16.0.